The van der Waals surface area contributed by atoms with Crippen LogP contribution in [0.2, 0.25) is 0 Å². The molecule has 0 unspecified atom stereocenters. The van der Waals surface area contributed by atoms with Gasteiger partial charge in [0.15, 0.2) is 0 Å². The molecule has 0 aliphatic heterocycles. The fourth-order valence-electron chi connectivity index (χ4n) is 2.36. The number of halogens is 1. The molecule has 0 aromatic heterocycles. The van der Waals surface area contributed by atoms with Crippen molar-refractivity contribution >= 4 is 15.9 Å². The van der Waals surface area contributed by atoms with E-state index in [0.29, 0.717) is 12.1 Å². The lowest BCUT2D eigenvalue weighted by atomic mass is 10.2. The van der Waals surface area contributed by atoms with E-state index in [9.17, 15) is 0 Å². The van der Waals surface area contributed by atoms with E-state index in [4.69, 9.17) is 4.74 Å². The summed E-state index contributed by atoms with van der Waals surface area (Å²) in [5.74, 6) is 0.899. The van der Waals surface area contributed by atoms with Crippen molar-refractivity contribution in [3.63, 3.8) is 0 Å². The lowest BCUT2D eigenvalue weighted by Crippen LogP contribution is -2.41. The van der Waals surface area contributed by atoms with Gasteiger partial charge in [0.05, 0.1) is 7.11 Å². The first-order chi connectivity index (χ1) is 9.45. The highest BCUT2D eigenvalue weighted by Crippen LogP contribution is 2.22. The first kappa shape index (κ1) is 17.5. The molecule has 0 radical (unpaired) electrons. The van der Waals surface area contributed by atoms with Crippen molar-refractivity contribution in [1.82, 2.24) is 10.2 Å². The van der Waals surface area contributed by atoms with Crippen LogP contribution in [0.3, 0.4) is 0 Å². The Labute approximate surface area is 131 Å². The molecule has 0 bridgehead atoms. The normalized spacial score (nSPS) is 11.7. The molecular weight excluding hydrogens is 316 g/mol. The van der Waals surface area contributed by atoms with Crippen LogP contribution in [0.5, 0.6) is 5.75 Å². The van der Waals surface area contributed by atoms with Crippen molar-refractivity contribution in [2.24, 2.45) is 0 Å². The summed E-state index contributed by atoms with van der Waals surface area (Å²) in [6.45, 7) is 11.9. The predicted molar refractivity (Wildman–Crippen MR) is 89.4 cm³/mol. The largest absolute Gasteiger partial charge is 0.497 e. The van der Waals surface area contributed by atoms with E-state index in [0.717, 1.165) is 29.9 Å². The maximum absolute atomic E-state index is 5.26. The number of benzene rings is 1. The van der Waals surface area contributed by atoms with Crippen LogP contribution in [0.1, 0.15) is 33.3 Å². The lowest BCUT2D eigenvalue weighted by Gasteiger charge is -2.30. The summed E-state index contributed by atoms with van der Waals surface area (Å²) >= 11 is 3.58. The smallest absolute Gasteiger partial charge is 0.119 e. The SMILES string of the molecule is COc1ccc(Br)c(CNCCN(C(C)C)C(C)C)c1. The van der Waals surface area contributed by atoms with E-state index in [-0.39, 0.29) is 0 Å². The summed E-state index contributed by atoms with van der Waals surface area (Å²) < 4.78 is 6.38. The molecule has 114 valence electrons. The summed E-state index contributed by atoms with van der Waals surface area (Å²) in [6.07, 6.45) is 0. The minimum absolute atomic E-state index is 0.584. The van der Waals surface area contributed by atoms with Gasteiger partial charge in [0.25, 0.3) is 0 Å². The third kappa shape index (κ3) is 5.43. The fourth-order valence-corrected chi connectivity index (χ4v) is 2.74. The van der Waals surface area contributed by atoms with Crippen LogP contribution >= 0.6 is 15.9 Å². The Kier molecular flexibility index (Phi) is 7.56. The van der Waals surface area contributed by atoms with E-state index in [1.54, 1.807) is 7.11 Å². The molecule has 4 heteroatoms. The van der Waals surface area contributed by atoms with Crippen LogP contribution in [0.25, 0.3) is 0 Å². The number of nitrogens with one attached hydrogen (secondary N) is 1. The standard InChI is InChI=1S/C16H27BrN2O/c1-12(2)19(13(3)4)9-8-18-11-14-10-15(20-5)6-7-16(14)17/h6-7,10,12-13,18H,8-9,11H2,1-5H3. The highest BCUT2D eigenvalue weighted by Gasteiger charge is 2.12. The van der Waals surface area contributed by atoms with Gasteiger partial charge in [-0.3, -0.25) is 4.90 Å². The highest BCUT2D eigenvalue weighted by atomic mass is 79.9. The van der Waals surface area contributed by atoms with Crippen LogP contribution in [0, 0.1) is 0 Å². The molecule has 1 N–H and O–H groups in total. The highest BCUT2D eigenvalue weighted by molar-refractivity contribution is 9.10. The molecule has 0 atom stereocenters. The van der Waals surface area contributed by atoms with Gasteiger partial charge in [0.2, 0.25) is 0 Å². The number of nitrogens with zero attached hydrogens (tertiary/aromatic N) is 1. The number of rotatable bonds is 8. The van der Waals surface area contributed by atoms with Gasteiger partial charge in [-0.25, -0.2) is 0 Å². The van der Waals surface area contributed by atoms with Crippen molar-refractivity contribution in [1.29, 1.82) is 0 Å². The second-order valence-corrected chi connectivity index (χ2v) is 6.41. The van der Waals surface area contributed by atoms with Gasteiger partial charge in [0, 0.05) is 36.2 Å². The molecule has 20 heavy (non-hydrogen) atoms. The Morgan fingerprint density at radius 1 is 1.20 bits per heavy atom. The summed E-state index contributed by atoms with van der Waals surface area (Å²) in [5, 5.41) is 3.51. The van der Waals surface area contributed by atoms with Crippen molar-refractivity contribution < 1.29 is 4.74 Å². The van der Waals surface area contributed by atoms with Crippen LogP contribution in [-0.4, -0.2) is 37.2 Å². The van der Waals surface area contributed by atoms with Gasteiger partial charge in [-0.05, 0) is 51.5 Å². The molecule has 3 nitrogen and oxygen atoms in total. The Morgan fingerprint density at radius 2 is 1.85 bits per heavy atom. The van der Waals surface area contributed by atoms with Crippen molar-refractivity contribution in [3.05, 3.63) is 28.2 Å². The molecule has 0 aliphatic rings. The molecule has 1 aromatic rings. The average molecular weight is 343 g/mol. The second kappa shape index (κ2) is 8.65. The molecule has 0 fully saturated rings. The zero-order valence-corrected chi connectivity index (χ0v) is 14.8. The van der Waals surface area contributed by atoms with Crippen LogP contribution in [-0.2, 0) is 6.54 Å². The topological polar surface area (TPSA) is 24.5 Å². The molecule has 1 aromatic carbocycles. The minimum atomic E-state index is 0.584. The third-order valence-electron chi connectivity index (χ3n) is 3.44. The maximum atomic E-state index is 5.26. The van der Waals surface area contributed by atoms with E-state index in [1.807, 2.05) is 12.1 Å². The van der Waals surface area contributed by atoms with Crippen LogP contribution in [0.4, 0.5) is 0 Å². The Hall–Kier alpha value is -0.580. The minimum Gasteiger partial charge on any atom is -0.497 e. The number of methoxy groups -OCH3 is 1. The second-order valence-electron chi connectivity index (χ2n) is 5.56. The summed E-state index contributed by atoms with van der Waals surface area (Å²) in [7, 11) is 1.70. The molecule has 1 rings (SSSR count). The average Bonchev–Trinajstić information content (AvgIpc) is 2.39. The summed E-state index contributed by atoms with van der Waals surface area (Å²) in [6, 6.07) is 7.23. The van der Waals surface area contributed by atoms with Crippen molar-refractivity contribution in [2.75, 3.05) is 20.2 Å². The van der Waals surface area contributed by atoms with Gasteiger partial charge in [-0.15, -0.1) is 0 Å². The lowest BCUT2D eigenvalue weighted by molar-refractivity contribution is 0.176. The Balaban J connectivity index is 2.44. The van der Waals surface area contributed by atoms with E-state index in [1.165, 1.54) is 5.56 Å². The zero-order chi connectivity index (χ0) is 15.1. The monoisotopic (exact) mass is 342 g/mol. The van der Waals surface area contributed by atoms with Gasteiger partial charge < -0.3 is 10.1 Å². The first-order valence-corrected chi connectivity index (χ1v) is 8.04. The Bertz CT molecular complexity index is 399. The maximum Gasteiger partial charge on any atom is 0.119 e. The van der Waals surface area contributed by atoms with Gasteiger partial charge >= 0.3 is 0 Å². The van der Waals surface area contributed by atoms with Crippen LogP contribution < -0.4 is 10.1 Å². The van der Waals surface area contributed by atoms with Gasteiger partial charge in [0.1, 0.15) is 5.75 Å². The van der Waals surface area contributed by atoms with E-state index < -0.39 is 0 Å². The van der Waals surface area contributed by atoms with Gasteiger partial charge in [-0.2, -0.15) is 0 Å². The fraction of sp³-hybridized carbons (Fsp3) is 0.625. The molecule has 0 saturated heterocycles. The number of hydrogen-bond acceptors (Lipinski definition) is 3. The van der Waals surface area contributed by atoms with Crippen LogP contribution in [0.15, 0.2) is 22.7 Å². The third-order valence-corrected chi connectivity index (χ3v) is 4.22. The molecule has 0 heterocycles. The predicted octanol–water partition coefficient (Wildman–Crippen LogP) is 3.67. The molecule has 0 aliphatic carbocycles. The number of hydrogen-bond donors (Lipinski definition) is 1. The van der Waals surface area contributed by atoms with Crippen molar-refractivity contribution in [2.45, 2.75) is 46.3 Å². The summed E-state index contributed by atoms with van der Waals surface area (Å²) in [4.78, 5) is 2.49. The van der Waals surface area contributed by atoms with E-state index in [2.05, 4.69) is 59.9 Å². The van der Waals surface area contributed by atoms with Crippen molar-refractivity contribution in [3.8, 4) is 5.75 Å². The zero-order valence-electron chi connectivity index (χ0n) is 13.2. The molecule has 0 saturated carbocycles. The first-order valence-electron chi connectivity index (χ1n) is 7.24. The number of ether oxygens (including phenoxy) is 1. The summed E-state index contributed by atoms with van der Waals surface area (Å²) in [5.41, 5.74) is 1.23. The van der Waals surface area contributed by atoms with Gasteiger partial charge in [-0.1, -0.05) is 15.9 Å². The van der Waals surface area contributed by atoms with E-state index >= 15 is 0 Å². The molecule has 0 amide bonds. The molecule has 0 spiro atoms. The molecular formula is C16H27BrN2O. The quantitative estimate of drug-likeness (QED) is 0.729. The Morgan fingerprint density at radius 3 is 2.40 bits per heavy atom.